The summed E-state index contributed by atoms with van der Waals surface area (Å²) in [4.78, 5) is 4.42. The Kier molecular flexibility index (Phi) is 3.75. The minimum atomic E-state index is 0.251. The van der Waals surface area contributed by atoms with Gasteiger partial charge >= 0.3 is 0 Å². The molecule has 1 N–H and O–H groups in total. The number of methoxy groups -OCH3 is 1. The van der Waals surface area contributed by atoms with Gasteiger partial charge in [-0.3, -0.25) is 0 Å². The lowest BCUT2D eigenvalue weighted by atomic mass is 10.2. The van der Waals surface area contributed by atoms with E-state index in [1.165, 1.54) is 0 Å². The number of fused-ring (bicyclic) bond motifs is 1. The van der Waals surface area contributed by atoms with E-state index >= 15 is 0 Å². The van der Waals surface area contributed by atoms with E-state index in [2.05, 4.69) is 15.7 Å². The van der Waals surface area contributed by atoms with E-state index in [1.54, 1.807) is 18.4 Å². The number of hydrogen-bond acceptors (Lipinski definition) is 6. The van der Waals surface area contributed by atoms with E-state index in [4.69, 9.17) is 14.2 Å². The molecule has 0 atom stereocenters. The first kappa shape index (κ1) is 13.2. The fraction of sp³-hybridized carbons (Fsp3) is 0.357. The van der Waals surface area contributed by atoms with Gasteiger partial charge in [-0.05, 0) is 24.6 Å². The Morgan fingerprint density at radius 3 is 3.00 bits per heavy atom. The molecule has 2 heterocycles. The topological polar surface area (TPSA) is 52.6 Å². The van der Waals surface area contributed by atoms with Gasteiger partial charge in [-0.1, -0.05) is 0 Å². The van der Waals surface area contributed by atoms with Crippen molar-refractivity contribution in [1.29, 1.82) is 0 Å². The standard InChI is InChI=1S/C14H16N2O3S/c1-9-7-20-13(16-9)6-15-5-10-3-11(17-2)14-12(4-10)18-8-19-14/h3-4,7,15H,5-6,8H2,1-2H3. The Bertz CT molecular complexity index is 612. The van der Waals surface area contributed by atoms with Gasteiger partial charge in [0, 0.05) is 24.2 Å². The first-order chi connectivity index (χ1) is 9.76. The van der Waals surface area contributed by atoms with Gasteiger partial charge in [0.25, 0.3) is 0 Å². The van der Waals surface area contributed by atoms with Crippen LogP contribution in [0.2, 0.25) is 0 Å². The monoisotopic (exact) mass is 292 g/mol. The number of aromatic nitrogens is 1. The number of nitrogens with one attached hydrogen (secondary N) is 1. The van der Waals surface area contributed by atoms with Gasteiger partial charge in [0.1, 0.15) is 5.01 Å². The van der Waals surface area contributed by atoms with Crippen LogP contribution in [-0.2, 0) is 13.1 Å². The third kappa shape index (κ3) is 2.71. The van der Waals surface area contributed by atoms with Gasteiger partial charge in [0.15, 0.2) is 11.5 Å². The third-order valence-corrected chi connectivity index (χ3v) is 3.96. The highest BCUT2D eigenvalue weighted by atomic mass is 32.1. The molecule has 0 bridgehead atoms. The number of thiazole rings is 1. The summed E-state index contributed by atoms with van der Waals surface area (Å²) in [5, 5.41) is 6.52. The number of benzene rings is 1. The molecular weight excluding hydrogens is 276 g/mol. The summed E-state index contributed by atoms with van der Waals surface area (Å²) < 4.78 is 16.1. The number of nitrogens with zero attached hydrogens (tertiary/aromatic N) is 1. The van der Waals surface area contributed by atoms with Crippen molar-refractivity contribution < 1.29 is 14.2 Å². The first-order valence-corrected chi connectivity index (χ1v) is 7.22. The van der Waals surface area contributed by atoms with Crippen molar-refractivity contribution in [2.75, 3.05) is 13.9 Å². The number of aryl methyl sites for hydroxylation is 1. The summed E-state index contributed by atoms with van der Waals surface area (Å²) in [6.07, 6.45) is 0. The van der Waals surface area contributed by atoms with E-state index in [0.717, 1.165) is 35.1 Å². The molecule has 106 valence electrons. The lowest BCUT2D eigenvalue weighted by molar-refractivity contribution is 0.171. The molecular formula is C14H16N2O3S. The molecule has 0 amide bonds. The second-order valence-corrected chi connectivity index (χ2v) is 5.46. The molecule has 0 unspecified atom stereocenters. The Morgan fingerprint density at radius 2 is 2.25 bits per heavy atom. The summed E-state index contributed by atoms with van der Waals surface area (Å²) in [7, 11) is 1.63. The highest BCUT2D eigenvalue weighted by Gasteiger charge is 2.19. The van der Waals surface area contributed by atoms with Crippen molar-refractivity contribution in [3.8, 4) is 17.2 Å². The lowest BCUT2D eigenvalue weighted by Gasteiger charge is -2.08. The van der Waals surface area contributed by atoms with Crippen LogP contribution in [0.25, 0.3) is 0 Å². The van der Waals surface area contributed by atoms with Crippen LogP contribution in [0, 0.1) is 6.92 Å². The zero-order valence-corrected chi connectivity index (χ0v) is 12.3. The molecule has 20 heavy (non-hydrogen) atoms. The predicted octanol–water partition coefficient (Wildman–Crippen LogP) is 2.48. The molecule has 1 aliphatic heterocycles. The normalized spacial score (nSPS) is 12.7. The second-order valence-electron chi connectivity index (χ2n) is 4.52. The number of ether oxygens (including phenoxy) is 3. The van der Waals surface area contributed by atoms with E-state index in [0.29, 0.717) is 11.5 Å². The molecule has 6 heteroatoms. The van der Waals surface area contributed by atoms with Gasteiger partial charge in [-0.25, -0.2) is 4.98 Å². The van der Waals surface area contributed by atoms with Crippen LogP contribution in [0.4, 0.5) is 0 Å². The van der Waals surface area contributed by atoms with Gasteiger partial charge in [0.05, 0.1) is 7.11 Å². The zero-order valence-electron chi connectivity index (χ0n) is 11.4. The second kappa shape index (κ2) is 5.68. The average Bonchev–Trinajstić information content (AvgIpc) is 3.06. The van der Waals surface area contributed by atoms with Crippen LogP contribution in [0.3, 0.4) is 0 Å². The van der Waals surface area contributed by atoms with Gasteiger partial charge in [0.2, 0.25) is 12.5 Å². The van der Waals surface area contributed by atoms with Crippen molar-refractivity contribution in [3.63, 3.8) is 0 Å². The van der Waals surface area contributed by atoms with Crippen LogP contribution < -0.4 is 19.5 Å². The van der Waals surface area contributed by atoms with Crippen molar-refractivity contribution in [2.24, 2.45) is 0 Å². The Balaban J connectivity index is 1.65. The molecule has 5 nitrogen and oxygen atoms in total. The van der Waals surface area contributed by atoms with Crippen molar-refractivity contribution in [1.82, 2.24) is 10.3 Å². The largest absolute Gasteiger partial charge is 0.493 e. The maximum Gasteiger partial charge on any atom is 0.231 e. The molecule has 0 aliphatic carbocycles. The third-order valence-electron chi connectivity index (χ3n) is 2.99. The van der Waals surface area contributed by atoms with Crippen LogP contribution in [0.1, 0.15) is 16.3 Å². The number of hydrogen-bond donors (Lipinski definition) is 1. The Labute approximate surface area is 121 Å². The zero-order chi connectivity index (χ0) is 13.9. The van der Waals surface area contributed by atoms with Crippen LogP contribution in [-0.4, -0.2) is 18.9 Å². The lowest BCUT2D eigenvalue weighted by Crippen LogP contribution is -2.12. The minimum absolute atomic E-state index is 0.251. The Morgan fingerprint density at radius 1 is 1.35 bits per heavy atom. The summed E-state index contributed by atoms with van der Waals surface area (Å²) in [6, 6.07) is 3.94. The highest BCUT2D eigenvalue weighted by molar-refractivity contribution is 7.09. The average molecular weight is 292 g/mol. The van der Waals surface area contributed by atoms with Crippen LogP contribution >= 0.6 is 11.3 Å². The highest BCUT2D eigenvalue weighted by Crippen LogP contribution is 2.41. The van der Waals surface area contributed by atoms with E-state index in [-0.39, 0.29) is 6.79 Å². The van der Waals surface area contributed by atoms with Gasteiger partial charge in [-0.2, -0.15) is 0 Å². The van der Waals surface area contributed by atoms with E-state index in [9.17, 15) is 0 Å². The molecule has 2 aromatic rings. The maximum absolute atomic E-state index is 5.41. The summed E-state index contributed by atoms with van der Waals surface area (Å²) in [5.41, 5.74) is 2.16. The molecule has 1 aliphatic rings. The minimum Gasteiger partial charge on any atom is -0.493 e. The van der Waals surface area contributed by atoms with Crippen molar-refractivity contribution in [3.05, 3.63) is 33.8 Å². The van der Waals surface area contributed by atoms with E-state index in [1.807, 2.05) is 19.1 Å². The molecule has 1 aromatic heterocycles. The maximum atomic E-state index is 5.41. The fourth-order valence-corrected chi connectivity index (χ4v) is 2.83. The molecule has 1 aromatic carbocycles. The quantitative estimate of drug-likeness (QED) is 0.917. The predicted molar refractivity (Wildman–Crippen MR) is 76.5 cm³/mol. The molecule has 0 saturated carbocycles. The molecule has 0 spiro atoms. The fourth-order valence-electron chi connectivity index (χ4n) is 2.08. The molecule has 3 rings (SSSR count). The summed E-state index contributed by atoms with van der Waals surface area (Å²) in [5.74, 6) is 2.14. The smallest absolute Gasteiger partial charge is 0.231 e. The first-order valence-electron chi connectivity index (χ1n) is 6.34. The summed E-state index contributed by atoms with van der Waals surface area (Å²) in [6.45, 7) is 3.74. The van der Waals surface area contributed by atoms with Gasteiger partial charge in [-0.15, -0.1) is 11.3 Å². The van der Waals surface area contributed by atoms with Crippen molar-refractivity contribution in [2.45, 2.75) is 20.0 Å². The van der Waals surface area contributed by atoms with Gasteiger partial charge < -0.3 is 19.5 Å². The Hall–Kier alpha value is -1.79. The SMILES string of the molecule is COc1cc(CNCc2nc(C)cs2)cc2c1OCO2. The number of rotatable bonds is 5. The molecule has 0 radical (unpaired) electrons. The summed E-state index contributed by atoms with van der Waals surface area (Å²) >= 11 is 1.67. The molecule has 0 saturated heterocycles. The van der Waals surface area contributed by atoms with Crippen molar-refractivity contribution >= 4 is 11.3 Å². The van der Waals surface area contributed by atoms with Crippen LogP contribution in [0.5, 0.6) is 17.2 Å². The van der Waals surface area contributed by atoms with Crippen LogP contribution in [0.15, 0.2) is 17.5 Å². The van der Waals surface area contributed by atoms with E-state index < -0.39 is 0 Å². The molecule has 0 fully saturated rings.